The summed E-state index contributed by atoms with van der Waals surface area (Å²) < 4.78 is 45.0. The molecule has 6 heteroatoms. The van der Waals surface area contributed by atoms with E-state index in [0.29, 0.717) is 23.8 Å². The van der Waals surface area contributed by atoms with Crippen LogP contribution in [-0.4, -0.2) is 11.1 Å². The molecule has 0 aliphatic heterocycles. The van der Waals surface area contributed by atoms with Crippen molar-refractivity contribution in [3.63, 3.8) is 0 Å². The van der Waals surface area contributed by atoms with Crippen molar-refractivity contribution in [1.29, 1.82) is 0 Å². The molecule has 0 saturated heterocycles. The summed E-state index contributed by atoms with van der Waals surface area (Å²) in [7, 11) is 0. The Balaban J connectivity index is 2.22. The third-order valence-electron chi connectivity index (χ3n) is 3.11. The van der Waals surface area contributed by atoms with Crippen molar-refractivity contribution >= 4 is 0 Å². The zero-order valence-corrected chi connectivity index (χ0v) is 11.9. The van der Waals surface area contributed by atoms with Crippen molar-refractivity contribution in [3.05, 3.63) is 58.9 Å². The van der Waals surface area contributed by atoms with Gasteiger partial charge in [-0.25, -0.2) is 13.2 Å². The lowest BCUT2D eigenvalue weighted by Gasteiger charge is -2.15. The van der Waals surface area contributed by atoms with Gasteiger partial charge in [0.1, 0.15) is 23.9 Å². The van der Waals surface area contributed by atoms with Gasteiger partial charge in [-0.3, -0.25) is 0 Å². The van der Waals surface area contributed by atoms with Crippen LogP contribution in [0.5, 0.6) is 11.5 Å². The minimum Gasteiger partial charge on any atom is -0.508 e. The molecule has 22 heavy (non-hydrogen) atoms. The first-order valence-corrected chi connectivity index (χ1v) is 6.71. The fraction of sp³-hybridized carbons (Fsp3) is 0.250. The summed E-state index contributed by atoms with van der Waals surface area (Å²) in [6, 6.07) is 5.66. The Hall–Kier alpha value is -2.21. The summed E-state index contributed by atoms with van der Waals surface area (Å²) in [5.41, 5.74) is 6.08. The molecule has 0 aromatic heterocycles. The SMILES string of the molecule is CC(N)Cc1c(O)cccc1OCc1cc(F)c(F)cc1F. The normalized spacial score (nSPS) is 12.2. The first-order chi connectivity index (χ1) is 10.4. The Kier molecular flexibility index (Phi) is 4.92. The molecule has 0 bridgehead atoms. The monoisotopic (exact) mass is 311 g/mol. The second-order valence-corrected chi connectivity index (χ2v) is 5.08. The molecule has 1 atom stereocenters. The average Bonchev–Trinajstić information content (AvgIpc) is 2.44. The standard InChI is InChI=1S/C16H16F3NO2/c1-9(20)5-11-15(21)3-2-4-16(11)22-8-10-6-13(18)14(19)7-12(10)17/h2-4,6-7,9,21H,5,8,20H2,1H3. The van der Waals surface area contributed by atoms with Crippen LogP contribution < -0.4 is 10.5 Å². The first kappa shape index (κ1) is 16.2. The van der Waals surface area contributed by atoms with Gasteiger partial charge >= 0.3 is 0 Å². The van der Waals surface area contributed by atoms with Crippen LogP contribution in [0.3, 0.4) is 0 Å². The molecule has 0 aliphatic carbocycles. The van der Waals surface area contributed by atoms with E-state index in [1.54, 1.807) is 19.1 Å². The topological polar surface area (TPSA) is 55.5 Å². The van der Waals surface area contributed by atoms with E-state index in [2.05, 4.69) is 0 Å². The van der Waals surface area contributed by atoms with Crippen molar-refractivity contribution in [3.8, 4) is 11.5 Å². The molecule has 0 heterocycles. The minimum absolute atomic E-state index is 0.0144. The molecule has 0 amide bonds. The molecule has 0 fully saturated rings. The van der Waals surface area contributed by atoms with Crippen LogP contribution in [0.4, 0.5) is 13.2 Å². The number of rotatable bonds is 5. The Labute approximate surface area is 126 Å². The van der Waals surface area contributed by atoms with Gasteiger partial charge in [0.25, 0.3) is 0 Å². The predicted molar refractivity (Wildman–Crippen MR) is 76.1 cm³/mol. The molecule has 2 aromatic carbocycles. The Bertz CT molecular complexity index is 675. The van der Waals surface area contributed by atoms with Crippen LogP contribution in [0.2, 0.25) is 0 Å². The summed E-state index contributed by atoms with van der Waals surface area (Å²) in [5.74, 6) is -2.96. The van der Waals surface area contributed by atoms with Crippen LogP contribution in [0.25, 0.3) is 0 Å². The van der Waals surface area contributed by atoms with Gasteiger partial charge in [-0.15, -0.1) is 0 Å². The number of phenolic OH excluding ortho intramolecular Hbond substituents is 1. The molecule has 118 valence electrons. The fourth-order valence-electron chi connectivity index (χ4n) is 2.05. The van der Waals surface area contributed by atoms with Gasteiger partial charge in [-0.1, -0.05) is 6.07 Å². The number of ether oxygens (including phenoxy) is 1. The molecule has 0 aliphatic rings. The van der Waals surface area contributed by atoms with E-state index in [0.717, 1.165) is 6.07 Å². The van der Waals surface area contributed by atoms with Crippen LogP contribution >= 0.6 is 0 Å². The van der Waals surface area contributed by atoms with Gasteiger partial charge in [0.15, 0.2) is 11.6 Å². The van der Waals surface area contributed by atoms with Crippen molar-refractivity contribution in [2.45, 2.75) is 26.0 Å². The molecule has 1 unspecified atom stereocenters. The molecule has 0 spiro atoms. The number of phenols is 1. The highest BCUT2D eigenvalue weighted by atomic mass is 19.2. The lowest BCUT2D eigenvalue weighted by Crippen LogP contribution is -2.18. The molecule has 2 aromatic rings. The summed E-state index contributed by atoms with van der Waals surface area (Å²) in [4.78, 5) is 0. The fourth-order valence-corrected chi connectivity index (χ4v) is 2.05. The minimum atomic E-state index is -1.25. The van der Waals surface area contributed by atoms with Crippen LogP contribution in [0, 0.1) is 17.5 Å². The van der Waals surface area contributed by atoms with E-state index in [4.69, 9.17) is 10.5 Å². The van der Waals surface area contributed by atoms with Gasteiger partial charge in [0.2, 0.25) is 0 Å². The molecule has 3 nitrogen and oxygen atoms in total. The highest BCUT2D eigenvalue weighted by molar-refractivity contribution is 5.44. The first-order valence-electron chi connectivity index (χ1n) is 6.71. The third kappa shape index (κ3) is 3.71. The zero-order chi connectivity index (χ0) is 16.3. The van der Waals surface area contributed by atoms with Gasteiger partial charge in [0, 0.05) is 23.2 Å². The number of hydrogen-bond acceptors (Lipinski definition) is 3. The average molecular weight is 311 g/mol. The van der Waals surface area contributed by atoms with E-state index in [1.807, 2.05) is 0 Å². The van der Waals surface area contributed by atoms with E-state index < -0.39 is 17.5 Å². The Morgan fingerprint density at radius 2 is 1.82 bits per heavy atom. The van der Waals surface area contributed by atoms with Crippen molar-refractivity contribution in [1.82, 2.24) is 0 Å². The third-order valence-corrected chi connectivity index (χ3v) is 3.11. The number of halogens is 3. The number of benzene rings is 2. The molecular formula is C16H16F3NO2. The van der Waals surface area contributed by atoms with Gasteiger partial charge in [-0.05, 0) is 31.5 Å². The summed E-state index contributed by atoms with van der Waals surface area (Å²) in [6.07, 6.45) is 0.363. The molecule has 0 radical (unpaired) electrons. The number of hydrogen-bond donors (Lipinski definition) is 2. The Morgan fingerprint density at radius 1 is 1.14 bits per heavy atom. The summed E-state index contributed by atoms with van der Waals surface area (Å²) >= 11 is 0. The molecule has 3 N–H and O–H groups in total. The summed E-state index contributed by atoms with van der Waals surface area (Å²) in [6.45, 7) is 1.48. The second kappa shape index (κ2) is 6.70. The quantitative estimate of drug-likeness (QED) is 0.833. The largest absolute Gasteiger partial charge is 0.508 e. The maximum Gasteiger partial charge on any atom is 0.161 e. The highest BCUT2D eigenvalue weighted by Gasteiger charge is 2.14. The molecule has 0 saturated carbocycles. The van der Waals surface area contributed by atoms with Gasteiger partial charge in [0.05, 0.1) is 0 Å². The second-order valence-electron chi connectivity index (χ2n) is 5.08. The molecule has 2 rings (SSSR count). The van der Waals surface area contributed by atoms with Crippen molar-refractivity contribution in [2.24, 2.45) is 5.73 Å². The lowest BCUT2D eigenvalue weighted by atomic mass is 10.1. The van der Waals surface area contributed by atoms with Crippen LogP contribution in [0.15, 0.2) is 30.3 Å². The number of aromatic hydroxyl groups is 1. The highest BCUT2D eigenvalue weighted by Crippen LogP contribution is 2.29. The lowest BCUT2D eigenvalue weighted by molar-refractivity contribution is 0.292. The zero-order valence-electron chi connectivity index (χ0n) is 11.9. The maximum absolute atomic E-state index is 13.6. The van der Waals surface area contributed by atoms with E-state index >= 15 is 0 Å². The van der Waals surface area contributed by atoms with E-state index in [-0.39, 0.29) is 24.0 Å². The summed E-state index contributed by atoms with van der Waals surface area (Å²) in [5, 5.41) is 9.85. The van der Waals surface area contributed by atoms with E-state index in [1.165, 1.54) is 6.07 Å². The Morgan fingerprint density at radius 3 is 2.50 bits per heavy atom. The van der Waals surface area contributed by atoms with Gasteiger partial charge in [-0.2, -0.15) is 0 Å². The van der Waals surface area contributed by atoms with Crippen LogP contribution in [-0.2, 0) is 13.0 Å². The smallest absolute Gasteiger partial charge is 0.161 e. The van der Waals surface area contributed by atoms with Gasteiger partial charge < -0.3 is 15.6 Å². The van der Waals surface area contributed by atoms with Crippen molar-refractivity contribution < 1.29 is 23.0 Å². The maximum atomic E-state index is 13.6. The van der Waals surface area contributed by atoms with E-state index in [9.17, 15) is 18.3 Å². The number of nitrogens with two attached hydrogens (primary N) is 1. The predicted octanol–water partition coefficient (Wildman–Crippen LogP) is 3.28. The van der Waals surface area contributed by atoms with Crippen LogP contribution in [0.1, 0.15) is 18.1 Å². The molecular weight excluding hydrogens is 295 g/mol. The van der Waals surface area contributed by atoms with Crippen molar-refractivity contribution in [2.75, 3.05) is 0 Å².